The van der Waals surface area contributed by atoms with Gasteiger partial charge in [0.05, 0.1) is 6.42 Å². The van der Waals surface area contributed by atoms with Crippen LogP contribution in [-0.2, 0) is 16.0 Å². The van der Waals surface area contributed by atoms with Gasteiger partial charge in [-0.25, -0.2) is 9.59 Å². The largest absolute Gasteiger partial charge is 0.480 e. The molecule has 1 fully saturated rings. The number of carbonyl (C=O) groups excluding carboxylic acids is 1. The number of nitrogens with one attached hydrogen (secondary N) is 1. The first kappa shape index (κ1) is 15.6. The van der Waals surface area contributed by atoms with Gasteiger partial charge < -0.3 is 15.0 Å². The lowest BCUT2D eigenvalue weighted by molar-refractivity contribution is -0.149. The van der Waals surface area contributed by atoms with E-state index in [1.807, 2.05) is 0 Å². The Hall–Kier alpha value is -1.83. The van der Waals surface area contributed by atoms with Crippen molar-refractivity contribution >= 4 is 23.6 Å². The fourth-order valence-corrected chi connectivity index (χ4v) is 3.41. The molecule has 1 saturated heterocycles. The lowest BCUT2D eigenvalue weighted by Gasteiger charge is -2.32. The number of carboxylic acids is 1. The number of hydrogen-bond acceptors (Lipinski definition) is 5. The molecule has 1 aliphatic heterocycles. The fourth-order valence-electron chi connectivity index (χ4n) is 2.37. The number of nitrogens with zero attached hydrogens (tertiary/aromatic N) is 2. The van der Waals surface area contributed by atoms with Crippen LogP contribution in [0.5, 0.6) is 0 Å². The molecule has 8 heteroatoms. The molecule has 1 aliphatic rings. The molecule has 0 radical (unpaired) electrons. The second-order valence-electron chi connectivity index (χ2n) is 4.92. The second kappa shape index (κ2) is 6.30. The van der Waals surface area contributed by atoms with E-state index in [1.54, 1.807) is 13.8 Å². The van der Waals surface area contributed by atoms with Crippen LogP contribution in [0.25, 0.3) is 0 Å². The third-order valence-corrected chi connectivity index (χ3v) is 4.54. The van der Waals surface area contributed by atoms with Crippen molar-refractivity contribution in [2.45, 2.75) is 26.3 Å². The molecule has 0 aromatic carbocycles. The van der Waals surface area contributed by atoms with E-state index in [2.05, 4.69) is 9.97 Å². The fraction of sp³-hybridized carbons (Fsp3) is 0.538. The molecule has 114 valence electrons. The highest BCUT2D eigenvalue weighted by molar-refractivity contribution is 7.99. The summed E-state index contributed by atoms with van der Waals surface area (Å²) in [5.41, 5.74) is 1.31. The van der Waals surface area contributed by atoms with E-state index in [1.165, 1.54) is 16.7 Å². The Morgan fingerprint density at radius 3 is 2.81 bits per heavy atom. The Morgan fingerprint density at radius 1 is 1.48 bits per heavy atom. The number of amides is 1. The summed E-state index contributed by atoms with van der Waals surface area (Å²) in [5, 5.41) is 9.20. The summed E-state index contributed by atoms with van der Waals surface area (Å²) in [5.74, 6) is -0.0911. The van der Waals surface area contributed by atoms with Crippen LogP contribution in [0.4, 0.5) is 0 Å². The number of carboxylic acid groups (broad SMARTS) is 1. The van der Waals surface area contributed by atoms with E-state index in [0.29, 0.717) is 29.2 Å². The number of aryl methyl sites for hydroxylation is 2. The third kappa shape index (κ3) is 3.44. The zero-order valence-electron chi connectivity index (χ0n) is 11.9. The third-order valence-electron chi connectivity index (χ3n) is 3.51. The van der Waals surface area contributed by atoms with E-state index >= 15 is 0 Å². The number of thioether (sulfide) groups is 1. The van der Waals surface area contributed by atoms with E-state index < -0.39 is 17.7 Å². The van der Waals surface area contributed by atoms with Gasteiger partial charge in [-0.1, -0.05) is 0 Å². The molecular formula is C13H17N3O4S. The SMILES string of the molecule is Cc1nc(=O)[nH]c(C)c1CC(=O)N1CCSCC1C(=O)O. The number of aliphatic carboxylic acids is 1. The summed E-state index contributed by atoms with van der Waals surface area (Å²) in [6.07, 6.45) is 0.0515. The van der Waals surface area contributed by atoms with E-state index in [4.69, 9.17) is 0 Å². The van der Waals surface area contributed by atoms with Crippen molar-refractivity contribution in [3.05, 3.63) is 27.4 Å². The molecule has 7 nitrogen and oxygen atoms in total. The molecule has 1 amide bonds. The number of rotatable bonds is 3. The first-order chi connectivity index (χ1) is 9.90. The minimum Gasteiger partial charge on any atom is -0.480 e. The van der Waals surface area contributed by atoms with Gasteiger partial charge >= 0.3 is 11.7 Å². The van der Waals surface area contributed by atoms with Gasteiger partial charge in [0.25, 0.3) is 0 Å². The molecular weight excluding hydrogens is 294 g/mol. The maximum absolute atomic E-state index is 12.4. The number of hydrogen-bond donors (Lipinski definition) is 2. The zero-order chi connectivity index (χ0) is 15.6. The van der Waals surface area contributed by atoms with Gasteiger partial charge in [-0.3, -0.25) is 4.79 Å². The van der Waals surface area contributed by atoms with Gasteiger partial charge in [-0.15, -0.1) is 0 Å². The highest BCUT2D eigenvalue weighted by Gasteiger charge is 2.32. The predicted octanol–water partition coefficient (Wildman–Crippen LogP) is -0.0422. The monoisotopic (exact) mass is 311 g/mol. The van der Waals surface area contributed by atoms with Gasteiger partial charge in [0.2, 0.25) is 5.91 Å². The van der Waals surface area contributed by atoms with Crippen molar-refractivity contribution in [3.63, 3.8) is 0 Å². The first-order valence-corrected chi connectivity index (χ1v) is 7.72. The van der Waals surface area contributed by atoms with Gasteiger partial charge in [0.15, 0.2) is 0 Å². The van der Waals surface area contributed by atoms with Crippen LogP contribution in [0.15, 0.2) is 4.79 Å². The molecule has 2 N–H and O–H groups in total. The van der Waals surface area contributed by atoms with Crippen molar-refractivity contribution in [2.24, 2.45) is 0 Å². The van der Waals surface area contributed by atoms with Gasteiger partial charge in [0, 0.05) is 35.0 Å². The Bertz CT molecular complexity index is 602. The van der Waals surface area contributed by atoms with Crippen molar-refractivity contribution in [1.82, 2.24) is 14.9 Å². The first-order valence-electron chi connectivity index (χ1n) is 6.56. The summed E-state index contributed by atoms with van der Waals surface area (Å²) < 4.78 is 0. The minimum atomic E-state index is -0.983. The van der Waals surface area contributed by atoms with Crippen molar-refractivity contribution in [2.75, 3.05) is 18.1 Å². The summed E-state index contributed by atoms with van der Waals surface area (Å²) in [4.78, 5) is 42.6. The summed E-state index contributed by atoms with van der Waals surface area (Å²) in [6, 6.07) is -0.785. The molecule has 21 heavy (non-hydrogen) atoms. The Labute approximate surface area is 125 Å². The smallest absolute Gasteiger partial charge is 0.345 e. The Balaban J connectivity index is 2.21. The van der Waals surface area contributed by atoms with Gasteiger partial charge in [0.1, 0.15) is 6.04 Å². The number of carbonyl (C=O) groups is 2. The molecule has 0 saturated carbocycles. The second-order valence-corrected chi connectivity index (χ2v) is 6.07. The number of aromatic nitrogens is 2. The van der Waals surface area contributed by atoms with Crippen LogP contribution >= 0.6 is 11.8 Å². The predicted molar refractivity (Wildman–Crippen MR) is 78.5 cm³/mol. The Kier molecular flexibility index (Phi) is 4.66. The average Bonchev–Trinajstić information content (AvgIpc) is 2.42. The zero-order valence-corrected chi connectivity index (χ0v) is 12.7. The standard InChI is InChI=1S/C13H17N3O4S/c1-7-9(8(2)15-13(20)14-7)5-11(17)16-3-4-21-6-10(16)12(18)19/h10H,3-6H2,1-2H3,(H,18,19)(H,14,15,20). The molecule has 1 unspecified atom stereocenters. The van der Waals surface area contributed by atoms with Gasteiger partial charge in [-0.05, 0) is 13.8 Å². The Morgan fingerprint density at radius 2 is 2.19 bits per heavy atom. The van der Waals surface area contributed by atoms with Crippen LogP contribution in [-0.4, -0.2) is 55.9 Å². The number of aromatic amines is 1. The summed E-state index contributed by atoms with van der Waals surface area (Å²) in [7, 11) is 0. The molecule has 2 rings (SSSR count). The average molecular weight is 311 g/mol. The molecule has 0 aliphatic carbocycles. The molecule has 2 heterocycles. The lowest BCUT2D eigenvalue weighted by atomic mass is 10.1. The summed E-state index contributed by atoms with van der Waals surface area (Å²) in [6.45, 7) is 3.81. The quantitative estimate of drug-likeness (QED) is 0.812. The van der Waals surface area contributed by atoms with Crippen LogP contribution < -0.4 is 5.69 Å². The number of H-pyrrole nitrogens is 1. The maximum Gasteiger partial charge on any atom is 0.345 e. The normalized spacial score (nSPS) is 18.6. The van der Waals surface area contributed by atoms with E-state index in [9.17, 15) is 19.5 Å². The minimum absolute atomic E-state index is 0.0515. The van der Waals surface area contributed by atoms with Gasteiger partial charge in [-0.2, -0.15) is 16.7 Å². The van der Waals surface area contributed by atoms with Crippen molar-refractivity contribution < 1.29 is 14.7 Å². The topological polar surface area (TPSA) is 103 Å². The molecule has 0 spiro atoms. The summed E-state index contributed by atoms with van der Waals surface area (Å²) >= 11 is 1.53. The highest BCUT2D eigenvalue weighted by Crippen LogP contribution is 2.19. The van der Waals surface area contributed by atoms with Crippen LogP contribution in [0.1, 0.15) is 17.0 Å². The van der Waals surface area contributed by atoms with E-state index in [-0.39, 0.29) is 12.3 Å². The van der Waals surface area contributed by atoms with Crippen LogP contribution in [0, 0.1) is 13.8 Å². The molecule has 1 atom stereocenters. The van der Waals surface area contributed by atoms with E-state index in [0.717, 1.165) is 5.75 Å². The van der Waals surface area contributed by atoms with Crippen LogP contribution in [0.2, 0.25) is 0 Å². The van der Waals surface area contributed by atoms with Crippen molar-refractivity contribution in [1.29, 1.82) is 0 Å². The van der Waals surface area contributed by atoms with Crippen molar-refractivity contribution in [3.8, 4) is 0 Å². The molecule has 1 aromatic heterocycles. The molecule has 0 bridgehead atoms. The highest BCUT2D eigenvalue weighted by atomic mass is 32.2. The maximum atomic E-state index is 12.4. The lowest BCUT2D eigenvalue weighted by Crippen LogP contribution is -2.50. The van der Waals surface area contributed by atoms with Crippen LogP contribution in [0.3, 0.4) is 0 Å². The molecule has 1 aromatic rings.